The van der Waals surface area contributed by atoms with Crippen LogP contribution in [0.4, 0.5) is 0 Å². The lowest BCUT2D eigenvalue weighted by atomic mass is 9.92. The summed E-state index contributed by atoms with van der Waals surface area (Å²) in [5.74, 6) is 0.984. The predicted octanol–water partition coefficient (Wildman–Crippen LogP) is 5.17. The summed E-state index contributed by atoms with van der Waals surface area (Å²) in [6, 6.07) is 14.3. The van der Waals surface area contributed by atoms with Crippen LogP contribution < -0.4 is 5.32 Å². The summed E-state index contributed by atoms with van der Waals surface area (Å²) in [6.45, 7) is 3.55. The molecule has 2 fully saturated rings. The van der Waals surface area contributed by atoms with Crippen LogP contribution in [-0.2, 0) is 4.79 Å². The summed E-state index contributed by atoms with van der Waals surface area (Å²) < 4.78 is 0. The van der Waals surface area contributed by atoms with Crippen LogP contribution in [0.5, 0.6) is 0 Å². The van der Waals surface area contributed by atoms with Gasteiger partial charge in [-0.25, -0.2) is 0 Å². The molecule has 1 aliphatic heterocycles. The fraction of sp³-hybridized carbons (Fsp3) is 0.538. The molecule has 2 amide bonds. The Morgan fingerprint density at radius 3 is 2.57 bits per heavy atom. The van der Waals surface area contributed by atoms with Crippen molar-refractivity contribution in [2.45, 2.75) is 64.3 Å². The molecule has 1 N–H and O–H groups in total. The second-order valence-corrected chi connectivity index (χ2v) is 9.04. The largest absolute Gasteiger partial charge is 0.353 e. The molecular formula is C26H34N2O2. The fourth-order valence-corrected chi connectivity index (χ4v) is 5.27. The summed E-state index contributed by atoms with van der Waals surface area (Å²) in [5, 5.41) is 5.46. The van der Waals surface area contributed by atoms with Crippen molar-refractivity contribution < 1.29 is 9.59 Å². The molecule has 30 heavy (non-hydrogen) atoms. The van der Waals surface area contributed by atoms with Crippen LogP contribution in [-0.4, -0.2) is 35.8 Å². The average molecular weight is 407 g/mol. The van der Waals surface area contributed by atoms with E-state index >= 15 is 0 Å². The number of piperidine rings is 1. The van der Waals surface area contributed by atoms with Crippen LogP contribution in [0.2, 0.25) is 0 Å². The first kappa shape index (κ1) is 20.9. The first-order valence-electron chi connectivity index (χ1n) is 11.7. The first-order valence-corrected chi connectivity index (χ1v) is 11.7. The van der Waals surface area contributed by atoms with Gasteiger partial charge in [0.25, 0.3) is 5.91 Å². The molecule has 0 aromatic heterocycles. The van der Waals surface area contributed by atoms with E-state index in [9.17, 15) is 9.59 Å². The minimum Gasteiger partial charge on any atom is -0.353 e. The number of likely N-dealkylation sites (tertiary alicyclic amines) is 1. The van der Waals surface area contributed by atoms with Gasteiger partial charge in [0.15, 0.2) is 0 Å². The van der Waals surface area contributed by atoms with E-state index < -0.39 is 0 Å². The lowest BCUT2D eigenvalue weighted by Crippen LogP contribution is -2.46. The zero-order valence-electron chi connectivity index (χ0n) is 18.1. The highest BCUT2D eigenvalue weighted by molar-refractivity contribution is 6.07. The second kappa shape index (κ2) is 9.63. The highest BCUT2D eigenvalue weighted by Gasteiger charge is 2.32. The second-order valence-electron chi connectivity index (χ2n) is 9.04. The smallest absolute Gasteiger partial charge is 0.254 e. The molecule has 2 unspecified atom stereocenters. The molecule has 1 saturated heterocycles. The highest BCUT2D eigenvalue weighted by atomic mass is 16.2. The third-order valence-electron chi connectivity index (χ3n) is 7.09. The van der Waals surface area contributed by atoms with Crippen molar-refractivity contribution in [1.29, 1.82) is 0 Å². The molecule has 4 heteroatoms. The molecule has 1 heterocycles. The molecule has 4 nitrogen and oxygen atoms in total. The van der Waals surface area contributed by atoms with Crippen molar-refractivity contribution in [3.05, 3.63) is 48.0 Å². The van der Waals surface area contributed by atoms with Gasteiger partial charge in [-0.3, -0.25) is 9.59 Å². The summed E-state index contributed by atoms with van der Waals surface area (Å²) in [7, 11) is 0. The molecule has 2 aliphatic rings. The van der Waals surface area contributed by atoms with Gasteiger partial charge in [0, 0.05) is 30.6 Å². The normalized spacial score (nSPS) is 22.4. The van der Waals surface area contributed by atoms with Gasteiger partial charge < -0.3 is 10.2 Å². The van der Waals surface area contributed by atoms with E-state index in [1.807, 2.05) is 47.4 Å². The molecule has 0 bridgehead atoms. The number of hydrogen-bond acceptors (Lipinski definition) is 2. The molecule has 0 radical (unpaired) electrons. The van der Waals surface area contributed by atoms with Gasteiger partial charge >= 0.3 is 0 Å². The van der Waals surface area contributed by atoms with Crippen LogP contribution >= 0.6 is 0 Å². The number of rotatable bonds is 6. The van der Waals surface area contributed by atoms with Gasteiger partial charge in [-0.15, -0.1) is 0 Å². The molecule has 2 atom stereocenters. The van der Waals surface area contributed by atoms with Crippen molar-refractivity contribution in [3.8, 4) is 0 Å². The van der Waals surface area contributed by atoms with Crippen molar-refractivity contribution in [2.24, 2.45) is 11.8 Å². The van der Waals surface area contributed by atoms with Gasteiger partial charge in [0.05, 0.1) is 0 Å². The first-order chi connectivity index (χ1) is 14.7. The van der Waals surface area contributed by atoms with E-state index in [1.165, 1.54) is 32.1 Å². The van der Waals surface area contributed by atoms with Crippen LogP contribution in [0, 0.1) is 11.8 Å². The van der Waals surface area contributed by atoms with Gasteiger partial charge in [-0.1, -0.05) is 62.6 Å². The average Bonchev–Trinajstić information content (AvgIpc) is 3.23. The van der Waals surface area contributed by atoms with Gasteiger partial charge in [-0.05, 0) is 54.9 Å². The Hall–Kier alpha value is -2.36. The van der Waals surface area contributed by atoms with Crippen molar-refractivity contribution in [3.63, 3.8) is 0 Å². The van der Waals surface area contributed by atoms with Crippen LogP contribution in [0.3, 0.4) is 0 Å². The number of nitrogens with zero attached hydrogens (tertiary/aromatic N) is 1. The number of fused-ring (bicyclic) bond motifs is 1. The summed E-state index contributed by atoms with van der Waals surface area (Å²) >= 11 is 0. The molecule has 1 saturated carbocycles. The summed E-state index contributed by atoms with van der Waals surface area (Å²) in [4.78, 5) is 27.9. The number of amides is 2. The standard InChI is InChI=1S/C26H34N2O2/c1-2-3-8-20-11-7-14-24(20)27-25(29)21-15-17-28(18-16-21)26(30)23-13-6-10-19-9-4-5-12-22(19)23/h4-6,9-10,12-13,20-21,24H,2-3,7-8,11,14-18H2,1H3,(H,27,29). The van der Waals surface area contributed by atoms with E-state index in [1.54, 1.807) is 0 Å². The van der Waals surface area contributed by atoms with E-state index in [4.69, 9.17) is 0 Å². The number of carbonyl (C=O) groups is 2. The topological polar surface area (TPSA) is 49.4 Å². The third kappa shape index (κ3) is 4.53. The zero-order chi connectivity index (χ0) is 20.9. The summed E-state index contributed by atoms with van der Waals surface area (Å²) in [5.41, 5.74) is 0.765. The van der Waals surface area contributed by atoms with E-state index in [-0.39, 0.29) is 17.7 Å². The molecule has 0 spiro atoms. The number of unbranched alkanes of at least 4 members (excludes halogenated alkanes) is 1. The highest BCUT2D eigenvalue weighted by Crippen LogP contribution is 2.31. The monoisotopic (exact) mass is 406 g/mol. The van der Waals surface area contributed by atoms with E-state index in [2.05, 4.69) is 12.2 Å². The molecule has 1 aliphatic carbocycles. The Kier molecular flexibility index (Phi) is 6.71. The Morgan fingerprint density at radius 1 is 1.00 bits per heavy atom. The number of hydrogen-bond donors (Lipinski definition) is 1. The molecule has 4 rings (SSSR count). The Labute approximate surface area is 180 Å². The Bertz CT molecular complexity index is 880. The lowest BCUT2D eigenvalue weighted by Gasteiger charge is -2.33. The maximum atomic E-state index is 13.1. The van der Waals surface area contributed by atoms with Crippen molar-refractivity contribution >= 4 is 22.6 Å². The molecule has 2 aromatic rings. The molecular weight excluding hydrogens is 372 g/mol. The quantitative estimate of drug-likeness (QED) is 0.720. The van der Waals surface area contributed by atoms with Gasteiger partial charge in [0.1, 0.15) is 0 Å². The molecule has 2 aromatic carbocycles. The van der Waals surface area contributed by atoms with Crippen molar-refractivity contribution in [2.75, 3.05) is 13.1 Å². The van der Waals surface area contributed by atoms with Gasteiger partial charge in [-0.2, -0.15) is 0 Å². The number of benzene rings is 2. The number of nitrogens with one attached hydrogen (secondary N) is 1. The minimum absolute atomic E-state index is 0.0361. The zero-order valence-corrected chi connectivity index (χ0v) is 18.1. The third-order valence-corrected chi connectivity index (χ3v) is 7.09. The maximum Gasteiger partial charge on any atom is 0.254 e. The van der Waals surface area contributed by atoms with Crippen molar-refractivity contribution in [1.82, 2.24) is 10.2 Å². The van der Waals surface area contributed by atoms with E-state index in [0.29, 0.717) is 25.0 Å². The van der Waals surface area contributed by atoms with Crippen LogP contribution in [0.15, 0.2) is 42.5 Å². The van der Waals surface area contributed by atoms with Crippen LogP contribution in [0.25, 0.3) is 10.8 Å². The Balaban J connectivity index is 1.33. The fourth-order valence-electron chi connectivity index (χ4n) is 5.27. The van der Waals surface area contributed by atoms with Crippen LogP contribution in [0.1, 0.15) is 68.6 Å². The molecule has 160 valence electrons. The SMILES string of the molecule is CCCCC1CCCC1NC(=O)C1CCN(C(=O)c2cccc3ccccc23)CC1. The minimum atomic E-state index is 0.0361. The lowest BCUT2D eigenvalue weighted by molar-refractivity contribution is -0.127. The summed E-state index contributed by atoms with van der Waals surface area (Å²) in [6.07, 6.45) is 8.84. The van der Waals surface area contributed by atoms with E-state index in [0.717, 1.165) is 35.6 Å². The Morgan fingerprint density at radius 2 is 1.77 bits per heavy atom. The number of carbonyl (C=O) groups excluding carboxylic acids is 2. The maximum absolute atomic E-state index is 13.1. The van der Waals surface area contributed by atoms with Gasteiger partial charge in [0.2, 0.25) is 5.91 Å². The predicted molar refractivity (Wildman–Crippen MR) is 121 cm³/mol.